The topological polar surface area (TPSA) is 61.4 Å². The van der Waals surface area contributed by atoms with E-state index in [1.807, 2.05) is 0 Å². The van der Waals surface area contributed by atoms with E-state index in [0.717, 1.165) is 0 Å². The lowest BCUT2D eigenvalue weighted by molar-refractivity contribution is -0.173. The normalized spacial score (nSPS) is 12.4. The highest BCUT2D eigenvalue weighted by Crippen LogP contribution is 2.14. The number of hydrogen-bond acceptors (Lipinski definition) is 3. The molecule has 0 fully saturated rings. The van der Waals surface area contributed by atoms with Crippen LogP contribution < -0.4 is 10.6 Å². The lowest BCUT2D eigenvalue weighted by Crippen LogP contribution is -2.39. The summed E-state index contributed by atoms with van der Waals surface area (Å²) < 4.78 is 71.1. The van der Waals surface area contributed by atoms with Crippen LogP contribution in [0, 0.1) is 0 Å². The Morgan fingerprint density at radius 1 is 0.818 bits per heavy atom. The first kappa shape index (κ1) is 20.5. The molecule has 2 amide bonds. The van der Waals surface area contributed by atoms with Crippen LogP contribution in [0.1, 0.15) is 12.8 Å². The standard InChI is InChI=1S/C11H17F6N3O2/c1-20(6-2-4-18-8(21)10(12,13)14)7-3-5-19-9(22)11(15,16)17/h2-7H2,1H3,(H,18,21)(H,19,22). The summed E-state index contributed by atoms with van der Waals surface area (Å²) in [6.07, 6.45) is -9.31. The molecule has 0 bridgehead atoms. The van der Waals surface area contributed by atoms with Crippen molar-refractivity contribution >= 4 is 11.8 Å². The van der Waals surface area contributed by atoms with Crippen molar-refractivity contribution in [3.05, 3.63) is 0 Å². The largest absolute Gasteiger partial charge is 0.471 e. The summed E-state index contributed by atoms with van der Waals surface area (Å²) in [7, 11) is 1.62. The van der Waals surface area contributed by atoms with E-state index in [9.17, 15) is 35.9 Å². The lowest BCUT2D eigenvalue weighted by atomic mass is 10.3. The number of nitrogens with one attached hydrogen (secondary N) is 2. The van der Waals surface area contributed by atoms with E-state index in [1.165, 1.54) is 0 Å². The maximum absolute atomic E-state index is 11.9. The van der Waals surface area contributed by atoms with E-state index in [-0.39, 0.29) is 25.9 Å². The van der Waals surface area contributed by atoms with Gasteiger partial charge in [0.15, 0.2) is 0 Å². The summed E-state index contributed by atoms with van der Waals surface area (Å²) in [4.78, 5) is 22.6. The minimum absolute atomic E-state index is 0.159. The molecule has 0 aromatic heterocycles. The summed E-state index contributed by atoms with van der Waals surface area (Å²) >= 11 is 0. The van der Waals surface area contributed by atoms with Gasteiger partial charge in [0.05, 0.1) is 0 Å². The Bertz CT molecular complexity index is 336. The fraction of sp³-hybridized carbons (Fsp3) is 0.818. The molecule has 0 saturated carbocycles. The average Bonchev–Trinajstić information content (AvgIpc) is 2.36. The minimum Gasteiger partial charge on any atom is -0.348 e. The molecule has 0 saturated heterocycles. The molecule has 0 radical (unpaired) electrons. The number of alkyl halides is 6. The van der Waals surface area contributed by atoms with Crippen molar-refractivity contribution in [2.75, 3.05) is 33.2 Å². The number of carbonyl (C=O) groups is 2. The smallest absolute Gasteiger partial charge is 0.348 e. The van der Waals surface area contributed by atoms with Gasteiger partial charge < -0.3 is 15.5 Å². The number of halogens is 6. The van der Waals surface area contributed by atoms with Gasteiger partial charge in [-0.2, -0.15) is 26.3 Å². The molecule has 130 valence electrons. The fourth-order valence-electron chi connectivity index (χ4n) is 1.41. The molecule has 22 heavy (non-hydrogen) atoms. The van der Waals surface area contributed by atoms with Gasteiger partial charge in [-0.3, -0.25) is 9.59 Å². The highest BCUT2D eigenvalue weighted by molar-refractivity contribution is 5.81. The molecule has 2 N–H and O–H groups in total. The van der Waals surface area contributed by atoms with Gasteiger partial charge in [0.1, 0.15) is 0 Å². The van der Waals surface area contributed by atoms with Gasteiger partial charge in [0.2, 0.25) is 0 Å². The van der Waals surface area contributed by atoms with Crippen LogP contribution in [0.25, 0.3) is 0 Å². The minimum atomic E-state index is -4.91. The summed E-state index contributed by atoms with van der Waals surface area (Å²) in [5, 5.41) is 3.41. The Morgan fingerprint density at radius 3 is 1.41 bits per heavy atom. The zero-order valence-electron chi connectivity index (χ0n) is 11.8. The van der Waals surface area contributed by atoms with Crippen LogP contribution in [0.5, 0.6) is 0 Å². The van der Waals surface area contributed by atoms with Crippen LogP contribution in [0.4, 0.5) is 26.3 Å². The van der Waals surface area contributed by atoms with Crippen LogP contribution in [0.2, 0.25) is 0 Å². The van der Waals surface area contributed by atoms with Gasteiger partial charge in [0.25, 0.3) is 0 Å². The van der Waals surface area contributed by atoms with Crippen LogP contribution in [0.3, 0.4) is 0 Å². The monoisotopic (exact) mass is 337 g/mol. The lowest BCUT2D eigenvalue weighted by Gasteiger charge is -2.17. The molecule has 0 heterocycles. The van der Waals surface area contributed by atoms with E-state index in [2.05, 4.69) is 0 Å². The second-order valence-electron chi connectivity index (χ2n) is 4.52. The van der Waals surface area contributed by atoms with Crippen molar-refractivity contribution in [3.8, 4) is 0 Å². The summed E-state index contributed by atoms with van der Waals surface area (Å²) in [5.41, 5.74) is 0. The number of rotatable bonds is 8. The summed E-state index contributed by atoms with van der Waals surface area (Å²) in [6.45, 7) is 0.387. The first-order chi connectivity index (χ1) is 9.94. The van der Waals surface area contributed by atoms with Crippen molar-refractivity contribution in [2.24, 2.45) is 0 Å². The predicted octanol–water partition coefficient (Wildman–Crippen LogP) is 1.06. The maximum Gasteiger partial charge on any atom is 0.471 e. The Kier molecular flexibility index (Phi) is 8.20. The van der Waals surface area contributed by atoms with Gasteiger partial charge in [-0.1, -0.05) is 0 Å². The Hall–Kier alpha value is -1.52. The molecule has 0 aliphatic heterocycles. The molecule has 0 aromatic rings. The van der Waals surface area contributed by atoms with Gasteiger partial charge in [-0.25, -0.2) is 0 Å². The number of carbonyl (C=O) groups excluding carboxylic acids is 2. The van der Waals surface area contributed by atoms with E-state index in [4.69, 9.17) is 0 Å². The van der Waals surface area contributed by atoms with Crippen LogP contribution >= 0.6 is 0 Å². The van der Waals surface area contributed by atoms with Crippen molar-refractivity contribution in [2.45, 2.75) is 25.2 Å². The first-order valence-corrected chi connectivity index (χ1v) is 6.33. The Balaban J connectivity index is 3.65. The van der Waals surface area contributed by atoms with E-state index < -0.39 is 24.2 Å². The van der Waals surface area contributed by atoms with Crippen molar-refractivity contribution in [1.82, 2.24) is 15.5 Å². The van der Waals surface area contributed by atoms with Gasteiger partial charge >= 0.3 is 24.2 Å². The molecule has 0 aliphatic rings. The van der Waals surface area contributed by atoms with E-state index in [0.29, 0.717) is 13.1 Å². The van der Waals surface area contributed by atoms with Crippen molar-refractivity contribution in [1.29, 1.82) is 0 Å². The van der Waals surface area contributed by atoms with Gasteiger partial charge in [0, 0.05) is 13.1 Å². The number of nitrogens with zero attached hydrogens (tertiary/aromatic N) is 1. The first-order valence-electron chi connectivity index (χ1n) is 6.33. The Morgan fingerprint density at radius 2 is 1.14 bits per heavy atom. The van der Waals surface area contributed by atoms with Gasteiger partial charge in [-0.15, -0.1) is 0 Å². The van der Waals surface area contributed by atoms with Crippen LogP contribution in [0.15, 0.2) is 0 Å². The molecule has 5 nitrogen and oxygen atoms in total. The third-order valence-electron chi connectivity index (χ3n) is 2.52. The molecule has 0 aromatic carbocycles. The zero-order chi connectivity index (χ0) is 17.4. The Labute approximate surface area is 123 Å². The van der Waals surface area contributed by atoms with Gasteiger partial charge in [-0.05, 0) is 33.0 Å². The highest BCUT2D eigenvalue weighted by atomic mass is 19.4. The van der Waals surface area contributed by atoms with Crippen molar-refractivity contribution in [3.63, 3.8) is 0 Å². The predicted molar refractivity (Wildman–Crippen MR) is 64.9 cm³/mol. The molecule has 0 aliphatic carbocycles. The third kappa shape index (κ3) is 9.42. The highest BCUT2D eigenvalue weighted by Gasteiger charge is 2.38. The van der Waals surface area contributed by atoms with E-state index in [1.54, 1.807) is 22.6 Å². The molecule has 0 unspecified atom stereocenters. The summed E-state index contributed by atoms with van der Waals surface area (Å²) in [6, 6.07) is 0. The quantitative estimate of drug-likeness (QED) is 0.514. The van der Waals surface area contributed by atoms with Crippen molar-refractivity contribution < 1.29 is 35.9 Å². The molecular weight excluding hydrogens is 320 g/mol. The number of hydrogen-bond donors (Lipinski definition) is 2. The zero-order valence-corrected chi connectivity index (χ0v) is 11.8. The second kappa shape index (κ2) is 8.81. The molecule has 0 rings (SSSR count). The molecule has 0 spiro atoms. The van der Waals surface area contributed by atoms with E-state index >= 15 is 0 Å². The average molecular weight is 337 g/mol. The third-order valence-corrected chi connectivity index (χ3v) is 2.52. The molecule has 11 heteroatoms. The molecule has 0 atom stereocenters. The second-order valence-corrected chi connectivity index (χ2v) is 4.52. The number of amides is 2. The SMILES string of the molecule is CN(CCCNC(=O)C(F)(F)F)CCCNC(=O)C(F)(F)F. The maximum atomic E-state index is 11.9. The summed E-state index contributed by atoms with van der Waals surface area (Å²) in [5.74, 6) is -4.02. The fourth-order valence-corrected chi connectivity index (χ4v) is 1.41. The molecular formula is C11H17F6N3O2. The van der Waals surface area contributed by atoms with Crippen LogP contribution in [-0.4, -0.2) is 62.3 Å². The van der Waals surface area contributed by atoms with Crippen LogP contribution in [-0.2, 0) is 9.59 Å².